The number of rotatable bonds is 1. The Morgan fingerprint density at radius 3 is 2.58 bits per heavy atom. The summed E-state index contributed by atoms with van der Waals surface area (Å²) in [6.45, 7) is 1.42. The van der Waals surface area contributed by atoms with E-state index >= 15 is 0 Å². The number of aromatic carboxylic acids is 1. The first-order valence-electron chi connectivity index (χ1n) is 2.97. The fourth-order valence-electron chi connectivity index (χ4n) is 0.663. The van der Waals surface area contributed by atoms with Crippen molar-refractivity contribution in [2.75, 3.05) is 0 Å². The number of hydrogen-bond donors (Lipinski definition) is 1. The minimum Gasteiger partial charge on any atom is -0.477 e. The van der Waals surface area contributed by atoms with Gasteiger partial charge in [-0.25, -0.2) is 14.2 Å². The normalized spacial score (nSPS) is 8.83. The highest BCUT2D eigenvalue weighted by atomic mass is 35.5. The van der Waals surface area contributed by atoms with Crippen molar-refractivity contribution >= 4 is 18.4 Å². The first-order valence-corrected chi connectivity index (χ1v) is 2.97. The molecule has 0 fully saturated rings. The molecule has 0 bridgehead atoms. The number of hydrogen-bond acceptors (Lipinski definition) is 2. The van der Waals surface area contributed by atoms with E-state index in [0.29, 0.717) is 0 Å². The zero-order valence-electron chi connectivity index (χ0n) is 6.24. The van der Waals surface area contributed by atoms with Crippen molar-refractivity contribution < 1.29 is 14.3 Å². The van der Waals surface area contributed by atoms with Crippen molar-refractivity contribution in [2.45, 2.75) is 6.92 Å². The summed E-state index contributed by atoms with van der Waals surface area (Å²) >= 11 is 0. The Morgan fingerprint density at radius 2 is 2.17 bits per heavy atom. The highest BCUT2D eigenvalue weighted by molar-refractivity contribution is 5.85. The maximum Gasteiger partial charge on any atom is 0.354 e. The Morgan fingerprint density at radius 1 is 1.58 bits per heavy atom. The van der Waals surface area contributed by atoms with Crippen LogP contribution >= 0.6 is 12.4 Å². The monoisotopic (exact) mass is 191 g/mol. The van der Waals surface area contributed by atoms with Gasteiger partial charge in [0.05, 0.1) is 5.69 Å². The van der Waals surface area contributed by atoms with Crippen LogP contribution < -0.4 is 0 Å². The van der Waals surface area contributed by atoms with E-state index in [2.05, 4.69) is 4.98 Å². The van der Waals surface area contributed by atoms with Crippen LogP contribution in [-0.4, -0.2) is 16.1 Å². The number of carboxylic acid groups (broad SMARTS) is 1. The lowest BCUT2D eigenvalue weighted by atomic mass is 10.3. The van der Waals surface area contributed by atoms with E-state index in [0.717, 1.165) is 12.1 Å². The summed E-state index contributed by atoms with van der Waals surface area (Å²) in [4.78, 5) is 13.8. The molecule has 0 saturated heterocycles. The second-order valence-electron chi connectivity index (χ2n) is 2.07. The van der Waals surface area contributed by atoms with Gasteiger partial charge in [0.2, 0.25) is 0 Å². The van der Waals surface area contributed by atoms with Gasteiger partial charge in [-0.15, -0.1) is 12.4 Å². The topological polar surface area (TPSA) is 50.2 Å². The Kier molecular flexibility index (Phi) is 3.63. The summed E-state index contributed by atoms with van der Waals surface area (Å²) in [7, 11) is 0. The molecule has 3 nitrogen and oxygen atoms in total. The van der Waals surface area contributed by atoms with Gasteiger partial charge >= 0.3 is 5.97 Å². The van der Waals surface area contributed by atoms with Crippen molar-refractivity contribution in [3.63, 3.8) is 0 Å². The first kappa shape index (κ1) is 10.8. The third-order valence-corrected chi connectivity index (χ3v) is 1.24. The van der Waals surface area contributed by atoms with Crippen LogP contribution in [0.2, 0.25) is 0 Å². The fraction of sp³-hybridized carbons (Fsp3) is 0.143. The SMILES string of the molecule is Cc1nc(C(=O)O)ccc1F.Cl. The maximum atomic E-state index is 12.5. The maximum absolute atomic E-state index is 12.5. The van der Waals surface area contributed by atoms with Gasteiger partial charge in [-0.1, -0.05) is 0 Å². The second-order valence-corrected chi connectivity index (χ2v) is 2.07. The summed E-state index contributed by atoms with van der Waals surface area (Å²) < 4.78 is 12.5. The van der Waals surface area contributed by atoms with Crippen molar-refractivity contribution in [1.82, 2.24) is 4.98 Å². The van der Waals surface area contributed by atoms with E-state index < -0.39 is 11.8 Å². The van der Waals surface area contributed by atoms with Crippen LogP contribution in [-0.2, 0) is 0 Å². The minimum absolute atomic E-state index is 0. The lowest BCUT2D eigenvalue weighted by Gasteiger charge is -1.95. The standard InChI is InChI=1S/C7H6FNO2.ClH/c1-4-5(8)2-3-6(9-4)7(10)11;/h2-3H,1H3,(H,10,11);1H. The molecule has 0 saturated carbocycles. The van der Waals surface area contributed by atoms with Gasteiger partial charge in [0.15, 0.2) is 0 Å². The van der Waals surface area contributed by atoms with Crippen molar-refractivity contribution in [2.24, 2.45) is 0 Å². The van der Waals surface area contributed by atoms with Gasteiger partial charge in [0.25, 0.3) is 0 Å². The molecule has 0 unspecified atom stereocenters. The predicted octanol–water partition coefficient (Wildman–Crippen LogP) is 1.65. The Bertz CT molecular complexity index is 303. The summed E-state index contributed by atoms with van der Waals surface area (Å²) in [5.74, 6) is -1.64. The molecule has 1 rings (SSSR count). The van der Waals surface area contributed by atoms with Crippen LogP contribution in [0.3, 0.4) is 0 Å². The van der Waals surface area contributed by atoms with Crippen molar-refractivity contribution in [3.05, 3.63) is 29.3 Å². The van der Waals surface area contributed by atoms with E-state index in [4.69, 9.17) is 5.11 Å². The van der Waals surface area contributed by atoms with E-state index in [1.165, 1.54) is 6.92 Å². The van der Waals surface area contributed by atoms with Gasteiger partial charge < -0.3 is 5.11 Å². The Labute approximate surface area is 74.7 Å². The van der Waals surface area contributed by atoms with E-state index in [-0.39, 0.29) is 23.8 Å². The number of pyridine rings is 1. The summed E-state index contributed by atoms with van der Waals surface area (Å²) in [6, 6.07) is 2.22. The molecule has 5 heteroatoms. The van der Waals surface area contributed by atoms with Gasteiger partial charge in [-0.3, -0.25) is 0 Å². The molecular weight excluding hydrogens is 185 g/mol. The molecule has 0 aliphatic rings. The molecule has 12 heavy (non-hydrogen) atoms. The highest BCUT2D eigenvalue weighted by Gasteiger charge is 2.05. The first-order chi connectivity index (χ1) is 5.11. The molecule has 66 valence electrons. The van der Waals surface area contributed by atoms with Crippen LogP contribution in [0.25, 0.3) is 0 Å². The van der Waals surface area contributed by atoms with Crippen molar-refractivity contribution in [1.29, 1.82) is 0 Å². The van der Waals surface area contributed by atoms with E-state index in [1.807, 2.05) is 0 Å². The average molecular weight is 192 g/mol. The predicted molar refractivity (Wildman–Crippen MR) is 43.1 cm³/mol. The summed E-state index contributed by atoms with van der Waals surface area (Å²) in [5, 5.41) is 8.42. The fourth-order valence-corrected chi connectivity index (χ4v) is 0.663. The van der Waals surface area contributed by atoms with E-state index in [9.17, 15) is 9.18 Å². The molecule has 0 radical (unpaired) electrons. The van der Waals surface area contributed by atoms with E-state index in [1.54, 1.807) is 0 Å². The van der Waals surface area contributed by atoms with Crippen LogP contribution in [0.4, 0.5) is 4.39 Å². The number of nitrogens with zero attached hydrogens (tertiary/aromatic N) is 1. The zero-order valence-corrected chi connectivity index (χ0v) is 7.06. The molecule has 1 N–H and O–H groups in total. The molecule has 1 heterocycles. The average Bonchev–Trinajstić information content (AvgIpc) is 1.94. The lowest BCUT2D eigenvalue weighted by Crippen LogP contribution is -2.02. The third kappa shape index (κ3) is 2.17. The van der Waals surface area contributed by atoms with Crippen LogP contribution in [0.15, 0.2) is 12.1 Å². The van der Waals surface area contributed by atoms with Crippen LogP contribution in [0, 0.1) is 12.7 Å². The molecule has 0 aliphatic carbocycles. The van der Waals surface area contributed by atoms with Gasteiger partial charge in [-0.05, 0) is 19.1 Å². The smallest absolute Gasteiger partial charge is 0.354 e. The van der Waals surface area contributed by atoms with Crippen LogP contribution in [0.5, 0.6) is 0 Å². The molecule has 1 aromatic rings. The highest BCUT2D eigenvalue weighted by Crippen LogP contribution is 2.03. The summed E-state index contributed by atoms with van der Waals surface area (Å²) in [5.41, 5.74) is -0.0335. The zero-order chi connectivity index (χ0) is 8.43. The molecule has 0 aliphatic heterocycles. The molecule has 0 atom stereocenters. The largest absolute Gasteiger partial charge is 0.477 e. The molecule has 0 amide bonds. The Balaban J connectivity index is 0.00000121. The molecule has 0 aromatic carbocycles. The van der Waals surface area contributed by atoms with Crippen LogP contribution in [0.1, 0.15) is 16.2 Å². The third-order valence-electron chi connectivity index (χ3n) is 1.24. The molecular formula is C7H7ClFNO2. The second kappa shape index (κ2) is 4.01. The van der Waals surface area contributed by atoms with Gasteiger partial charge in [-0.2, -0.15) is 0 Å². The molecule has 0 spiro atoms. The minimum atomic E-state index is -1.15. The van der Waals surface area contributed by atoms with Gasteiger partial charge in [0, 0.05) is 0 Å². The lowest BCUT2D eigenvalue weighted by molar-refractivity contribution is 0.0690. The number of aromatic nitrogens is 1. The number of carbonyl (C=O) groups is 1. The number of carboxylic acids is 1. The summed E-state index contributed by atoms with van der Waals surface area (Å²) in [6.07, 6.45) is 0. The number of halogens is 2. The van der Waals surface area contributed by atoms with Crippen molar-refractivity contribution in [3.8, 4) is 0 Å². The quantitative estimate of drug-likeness (QED) is 0.734. The number of aryl methyl sites for hydroxylation is 1. The van der Waals surface area contributed by atoms with Gasteiger partial charge in [0.1, 0.15) is 11.5 Å². The Hall–Kier alpha value is -1.16. The molecule has 1 aromatic heterocycles.